The van der Waals surface area contributed by atoms with E-state index in [1.54, 1.807) is 12.1 Å². The summed E-state index contributed by atoms with van der Waals surface area (Å²) in [7, 11) is 0. The average molecular weight is 319 g/mol. The number of carboxylic acid groups (broad SMARTS) is 1. The summed E-state index contributed by atoms with van der Waals surface area (Å²) in [6, 6.07) is 4.04. The van der Waals surface area contributed by atoms with Crippen LogP contribution in [-0.4, -0.2) is 23.7 Å². The number of hydrogen-bond donors (Lipinski definition) is 3. The first-order chi connectivity index (χ1) is 8.49. The van der Waals surface area contributed by atoms with Crippen molar-refractivity contribution < 1.29 is 19.1 Å². The highest BCUT2D eigenvalue weighted by Crippen LogP contribution is 2.16. The molecular formula is C11H12BrFN2O3. The van der Waals surface area contributed by atoms with E-state index >= 15 is 0 Å². The molecule has 0 aliphatic heterocycles. The van der Waals surface area contributed by atoms with Gasteiger partial charge < -0.3 is 15.7 Å². The molecule has 0 saturated carbocycles. The lowest BCUT2D eigenvalue weighted by Crippen LogP contribution is -2.36. The van der Waals surface area contributed by atoms with Gasteiger partial charge in [0, 0.05) is 13.1 Å². The molecule has 7 heteroatoms. The molecule has 5 nitrogen and oxygen atoms in total. The normalized spacial score (nSPS) is 9.89. The Labute approximate surface area is 112 Å². The Hall–Kier alpha value is -1.63. The smallest absolute Gasteiger partial charge is 0.315 e. The van der Waals surface area contributed by atoms with Gasteiger partial charge in [0.15, 0.2) is 0 Å². The largest absolute Gasteiger partial charge is 0.481 e. The molecule has 0 aliphatic rings. The van der Waals surface area contributed by atoms with Crippen molar-refractivity contribution in [1.82, 2.24) is 10.6 Å². The van der Waals surface area contributed by atoms with E-state index in [-0.39, 0.29) is 19.5 Å². The Morgan fingerprint density at radius 3 is 2.67 bits per heavy atom. The number of nitrogens with one attached hydrogen (secondary N) is 2. The Kier molecular flexibility index (Phi) is 5.57. The first-order valence-corrected chi connectivity index (χ1v) is 5.96. The number of benzene rings is 1. The highest BCUT2D eigenvalue weighted by atomic mass is 79.9. The number of rotatable bonds is 5. The number of aliphatic carboxylic acids is 1. The number of carboxylic acids is 1. The summed E-state index contributed by atoms with van der Waals surface area (Å²) in [4.78, 5) is 21.4. The summed E-state index contributed by atoms with van der Waals surface area (Å²) in [5.41, 5.74) is 0.615. The Bertz CT molecular complexity index is 454. The topological polar surface area (TPSA) is 78.4 Å². The van der Waals surface area contributed by atoms with Crippen LogP contribution in [0.2, 0.25) is 0 Å². The van der Waals surface area contributed by atoms with Gasteiger partial charge in [-0.2, -0.15) is 0 Å². The minimum absolute atomic E-state index is 0.0515. The fourth-order valence-corrected chi connectivity index (χ4v) is 1.42. The Morgan fingerprint density at radius 2 is 2.06 bits per heavy atom. The standard InChI is InChI=1S/C11H12BrFN2O3/c12-8-2-1-7(5-9(8)13)6-15-11(18)14-4-3-10(16)17/h1-2,5H,3-4,6H2,(H,16,17)(H2,14,15,18). The number of amides is 2. The lowest BCUT2D eigenvalue weighted by molar-refractivity contribution is -0.136. The summed E-state index contributed by atoms with van der Waals surface area (Å²) in [5, 5.41) is 13.2. The van der Waals surface area contributed by atoms with Gasteiger partial charge in [-0.05, 0) is 33.6 Å². The highest BCUT2D eigenvalue weighted by molar-refractivity contribution is 9.10. The van der Waals surface area contributed by atoms with Crippen molar-refractivity contribution in [3.8, 4) is 0 Å². The van der Waals surface area contributed by atoms with Gasteiger partial charge in [-0.1, -0.05) is 6.07 Å². The molecule has 1 aromatic rings. The SMILES string of the molecule is O=C(O)CCNC(=O)NCc1ccc(Br)c(F)c1. The van der Waals surface area contributed by atoms with Gasteiger partial charge in [-0.15, -0.1) is 0 Å². The third-order valence-electron chi connectivity index (χ3n) is 2.06. The molecule has 0 aliphatic carbocycles. The molecule has 0 fully saturated rings. The second kappa shape index (κ2) is 6.95. The molecule has 2 amide bonds. The lowest BCUT2D eigenvalue weighted by Gasteiger charge is -2.07. The molecule has 0 atom stereocenters. The maximum Gasteiger partial charge on any atom is 0.315 e. The zero-order chi connectivity index (χ0) is 13.5. The number of carbonyl (C=O) groups excluding carboxylic acids is 1. The van der Waals surface area contributed by atoms with Crippen molar-refractivity contribution in [1.29, 1.82) is 0 Å². The molecule has 1 aromatic carbocycles. The summed E-state index contributed by atoms with van der Waals surface area (Å²) < 4.78 is 13.5. The van der Waals surface area contributed by atoms with E-state index in [1.165, 1.54) is 6.07 Å². The fraction of sp³-hybridized carbons (Fsp3) is 0.273. The van der Waals surface area contributed by atoms with E-state index < -0.39 is 17.8 Å². The molecule has 0 unspecified atom stereocenters. The quantitative estimate of drug-likeness (QED) is 0.775. The summed E-state index contributed by atoms with van der Waals surface area (Å²) >= 11 is 3.03. The van der Waals surface area contributed by atoms with E-state index in [1.807, 2.05) is 0 Å². The predicted molar refractivity (Wildman–Crippen MR) is 66.6 cm³/mol. The second-order valence-corrected chi connectivity index (χ2v) is 4.36. The average Bonchev–Trinajstić information content (AvgIpc) is 2.30. The third kappa shape index (κ3) is 5.13. The van der Waals surface area contributed by atoms with E-state index in [0.29, 0.717) is 10.0 Å². The highest BCUT2D eigenvalue weighted by Gasteiger charge is 2.04. The molecule has 1 rings (SSSR count). The summed E-state index contributed by atoms with van der Waals surface area (Å²) in [5.74, 6) is -1.38. The van der Waals surface area contributed by atoms with Crippen LogP contribution in [0.1, 0.15) is 12.0 Å². The van der Waals surface area contributed by atoms with Gasteiger partial charge in [0.25, 0.3) is 0 Å². The van der Waals surface area contributed by atoms with Crippen molar-refractivity contribution in [2.24, 2.45) is 0 Å². The number of urea groups is 1. The molecule has 0 bridgehead atoms. The van der Waals surface area contributed by atoms with E-state index in [2.05, 4.69) is 26.6 Å². The molecule has 3 N–H and O–H groups in total. The monoisotopic (exact) mass is 318 g/mol. The molecule has 18 heavy (non-hydrogen) atoms. The molecule has 98 valence electrons. The van der Waals surface area contributed by atoms with Crippen LogP contribution in [0, 0.1) is 5.82 Å². The van der Waals surface area contributed by atoms with E-state index in [4.69, 9.17) is 5.11 Å². The van der Waals surface area contributed by atoms with Crippen molar-refractivity contribution in [3.05, 3.63) is 34.1 Å². The van der Waals surface area contributed by atoms with Gasteiger partial charge in [-0.25, -0.2) is 9.18 Å². The van der Waals surface area contributed by atoms with Crippen LogP contribution in [-0.2, 0) is 11.3 Å². The van der Waals surface area contributed by atoms with Crippen molar-refractivity contribution in [2.75, 3.05) is 6.54 Å². The molecule has 0 aromatic heterocycles. The van der Waals surface area contributed by atoms with Gasteiger partial charge in [-0.3, -0.25) is 4.79 Å². The predicted octanol–water partition coefficient (Wildman–Crippen LogP) is 1.86. The summed E-state index contributed by atoms with van der Waals surface area (Å²) in [6.07, 6.45) is -0.139. The zero-order valence-electron chi connectivity index (χ0n) is 9.37. The van der Waals surface area contributed by atoms with Crippen LogP contribution in [0.5, 0.6) is 0 Å². The molecule has 0 radical (unpaired) electrons. The van der Waals surface area contributed by atoms with Gasteiger partial charge >= 0.3 is 12.0 Å². The van der Waals surface area contributed by atoms with Crippen molar-refractivity contribution in [3.63, 3.8) is 0 Å². The minimum atomic E-state index is -0.981. The van der Waals surface area contributed by atoms with Gasteiger partial charge in [0.1, 0.15) is 5.82 Å². The molecule has 0 saturated heterocycles. The van der Waals surface area contributed by atoms with Crippen LogP contribution in [0.25, 0.3) is 0 Å². The minimum Gasteiger partial charge on any atom is -0.481 e. The molecular weight excluding hydrogens is 307 g/mol. The maximum absolute atomic E-state index is 13.2. The maximum atomic E-state index is 13.2. The lowest BCUT2D eigenvalue weighted by atomic mass is 10.2. The van der Waals surface area contributed by atoms with Crippen LogP contribution < -0.4 is 10.6 Å². The molecule has 0 heterocycles. The van der Waals surface area contributed by atoms with Crippen LogP contribution in [0.15, 0.2) is 22.7 Å². The van der Waals surface area contributed by atoms with Gasteiger partial charge in [0.2, 0.25) is 0 Å². The van der Waals surface area contributed by atoms with Crippen LogP contribution in [0.3, 0.4) is 0 Å². The first kappa shape index (κ1) is 14.4. The fourth-order valence-electron chi connectivity index (χ4n) is 1.18. The van der Waals surface area contributed by atoms with Crippen molar-refractivity contribution >= 4 is 27.9 Å². The van der Waals surface area contributed by atoms with Crippen LogP contribution in [0.4, 0.5) is 9.18 Å². The first-order valence-electron chi connectivity index (χ1n) is 5.16. The second-order valence-electron chi connectivity index (χ2n) is 3.50. The van der Waals surface area contributed by atoms with Crippen LogP contribution >= 0.6 is 15.9 Å². The zero-order valence-corrected chi connectivity index (χ0v) is 11.0. The van der Waals surface area contributed by atoms with Gasteiger partial charge in [0.05, 0.1) is 10.9 Å². The number of carbonyl (C=O) groups is 2. The van der Waals surface area contributed by atoms with E-state index in [0.717, 1.165) is 0 Å². The molecule has 0 spiro atoms. The Morgan fingerprint density at radius 1 is 1.33 bits per heavy atom. The van der Waals surface area contributed by atoms with Crippen molar-refractivity contribution in [2.45, 2.75) is 13.0 Å². The number of hydrogen-bond acceptors (Lipinski definition) is 2. The third-order valence-corrected chi connectivity index (χ3v) is 2.70. The number of halogens is 2. The Balaban J connectivity index is 2.33. The summed E-state index contributed by atoms with van der Waals surface area (Å²) in [6.45, 7) is 0.221. The van der Waals surface area contributed by atoms with E-state index in [9.17, 15) is 14.0 Å².